The summed E-state index contributed by atoms with van der Waals surface area (Å²) in [6.07, 6.45) is 3.88. The molecule has 5 rings (SSSR count). The van der Waals surface area contributed by atoms with E-state index >= 15 is 0 Å². The van der Waals surface area contributed by atoms with Crippen molar-refractivity contribution >= 4 is 17.1 Å². The minimum atomic E-state index is -0.246. The molecule has 1 aliphatic carbocycles. The number of nitrogens with one attached hydrogen (secondary N) is 1. The predicted molar refractivity (Wildman–Crippen MR) is 125 cm³/mol. The van der Waals surface area contributed by atoms with Crippen molar-refractivity contribution in [1.82, 2.24) is 19.1 Å². The molecule has 0 amide bonds. The molecule has 0 saturated heterocycles. The maximum atomic E-state index is 13.8. The monoisotopic (exact) mass is 447 g/mol. The van der Waals surface area contributed by atoms with Crippen molar-refractivity contribution in [2.75, 3.05) is 26.6 Å². The molecule has 0 unspecified atom stereocenters. The van der Waals surface area contributed by atoms with Crippen LogP contribution in [-0.4, -0.2) is 46.5 Å². The van der Waals surface area contributed by atoms with Gasteiger partial charge in [-0.15, -0.1) is 0 Å². The zero-order chi connectivity index (χ0) is 22.9. The molecule has 33 heavy (non-hydrogen) atoms. The van der Waals surface area contributed by atoms with Gasteiger partial charge < -0.3 is 19.5 Å². The predicted octanol–water partition coefficient (Wildman–Crippen LogP) is 3.23. The highest BCUT2D eigenvalue weighted by Gasteiger charge is 2.24. The molecule has 2 aromatic carbocycles. The van der Waals surface area contributed by atoms with Gasteiger partial charge in [-0.1, -0.05) is 12.1 Å². The molecule has 1 fully saturated rings. The van der Waals surface area contributed by atoms with Crippen LogP contribution >= 0.6 is 0 Å². The van der Waals surface area contributed by atoms with Gasteiger partial charge in [-0.05, 0) is 37.1 Å². The Morgan fingerprint density at radius 1 is 1.03 bits per heavy atom. The van der Waals surface area contributed by atoms with Crippen LogP contribution in [0.5, 0.6) is 17.2 Å². The summed E-state index contributed by atoms with van der Waals surface area (Å²) in [5.74, 6) is 2.43. The van der Waals surface area contributed by atoms with Crippen molar-refractivity contribution in [3.05, 3.63) is 64.7 Å². The molecule has 1 aliphatic rings. The molecule has 1 saturated carbocycles. The van der Waals surface area contributed by atoms with Gasteiger partial charge >= 0.3 is 5.69 Å². The summed E-state index contributed by atoms with van der Waals surface area (Å²) in [7, 11) is 4.79. The first-order chi connectivity index (χ1) is 16.1. The van der Waals surface area contributed by atoms with Crippen LogP contribution in [0.15, 0.2) is 53.5 Å². The maximum absolute atomic E-state index is 13.8. The maximum Gasteiger partial charge on any atom is 0.335 e. The van der Waals surface area contributed by atoms with Crippen LogP contribution in [0.25, 0.3) is 16.9 Å². The Morgan fingerprint density at radius 3 is 2.42 bits per heavy atom. The van der Waals surface area contributed by atoms with E-state index in [9.17, 15) is 4.79 Å². The largest absolute Gasteiger partial charge is 0.497 e. The lowest BCUT2D eigenvalue weighted by atomic mass is 10.1. The minimum absolute atomic E-state index is 0.234. The van der Waals surface area contributed by atoms with Crippen LogP contribution in [0, 0.1) is 0 Å². The zero-order valence-corrected chi connectivity index (χ0v) is 18.7. The number of benzene rings is 2. The first kappa shape index (κ1) is 20.9. The Labute approximate surface area is 190 Å². The molecule has 1 N–H and O–H groups in total. The van der Waals surface area contributed by atoms with Gasteiger partial charge in [0, 0.05) is 12.1 Å². The minimum Gasteiger partial charge on any atom is -0.497 e. The molecule has 0 spiro atoms. The van der Waals surface area contributed by atoms with Crippen molar-refractivity contribution in [1.29, 1.82) is 0 Å². The standard InChI is InChI=1S/C24H25N5O4/c1-31-17-7-4-6-16(12-17)29-22-19(13-25-23(27-22)26-15-10-11-15)28(24(29)30)14-18-20(32-2)8-5-9-21(18)33-3/h4-9,12-13,15H,10-11,14H2,1-3H3,(H,25,26,27). The van der Waals surface area contributed by atoms with Gasteiger partial charge in [0.1, 0.15) is 22.8 Å². The summed E-state index contributed by atoms with van der Waals surface area (Å²) >= 11 is 0. The molecular formula is C24H25N5O4. The second kappa shape index (κ2) is 8.50. The number of ether oxygens (including phenoxy) is 3. The number of nitrogens with zero attached hydrogens (tertiary/aromatic N) is 4. The molecule has 4 aromatic rings. The second-order valence-electron chi connectivity index (χ2n) is 7.87. The van der Waals surface area contributed by atoms with E-state index in [4.69, 9.17) is 19.2 Å². The molecular weight excluding hydrogens is 422 g/mol. The molecule has 0 radical (unpaired) electrons. The van der Waals surface area contributed by atoms with E-state index in [2.05, 4.69) is 10.3 Å². The Morgan fingerprint density at radius 2 is 1.76 bits per heavy atom. The highest BCUT2D eigenvalue weighted by Crippen LogP contribution is 2.30. The first-order valence-electron chi connectivity index (χ1n) is 10.7. The van der Waals surface area contributed by atoms with Crippen molar-refractivity contribution in [3.63, 3.8) is 0 Å². The lowest BCUT2D eigenvalue weighted by molar-refractivity contribution is 0.383. The lowest BCUT2D eigenvalue weighted by Gasteiger charge is -2.13. The van der Waals surface area contributed by atoms with Gasteiger partial charge in [0.15, 0.2) is 5.65 Å². The van der Waals surface area contributed by atoms with Gasteiger partial charge in [0.25, 0.3) is 0 Å². The normalized spacial score (nSPS) is 13.2. The number of imidazole rings is 1. The van der Waals surface area contributed by atoms with Gasteiger partial charge in [0.2, 0.25) is 5.95 Å². The average molecular weight is 447 g/mol. The molecule has 2 heterocycles. The summed E-state index contributed by atoms with van der Waals surface area (Å²) in [6, 6.07) is 13.3. The van der Waals surface area contributed by atoms with Gasteiger partial charge in [-0.3, -0.25) is 4.57 Å². The number of rotatable bonds is 8. The Hall–Kier alpha value is -4.01. The summed E-state index contributed by atoms with van der Waals surface area (Å²) in [6.45, 7) is 0.234. The summed E-state index contributed by atoms with van der Waals surface area (Å²) in [5, 5.41) is 3.31. The molecule has 0 bridgehead atoms. The summed E-state index contributed by atoms with van der Waals surface area (Å²) < 4.78 is 19.7. The Bertz CT molecular complexity index is 1350. The van der Waals surface area contributed by atoms with Gasteiger partial charge in [0.05, 0.1) is 45.3 Å². The first-order valence-corrected chi connectivity index (χ1v) is 10.7. The average Bonchev–Trinajstić information content (AvgIpc) is 3.62. The quantitative estimate of drug-likeness (QED) is 0.443. The van der Waals surface area contributed by atoms with E-state index in [0.717, 1.165) is 18.4 Å². The summed E-state index contributed by atoms with van der Waals surface area (Å²) in [4.78, 5) is 22.9. The number of methoxy groups -OCH3 is 3. The fraction of sp³-hybridized carbons (Fsp3) is 0.292. The van der Waals surface area contributed by atoms with E-state index in [1.54, 1.807) is 36.7 Å². The van der Waals surface area contributed by atoms with Crippen molar-refractivity contribution < 1.29 is 14.2 Å². The molecule has 9 heteroatoms. The van der Waals surface area contributed by atoms with Crippen LogP contribution in [-0.2, 0) is 6.54 Å². The fourth-order valence-electron chi connectivity index (χ4n) is 3.89. The van der Waals surface area contributed by atoms with Crippen molar-refractivity contribution in [3.8, 4) is 22.9 Å². The SMILES string of the molecule is COc1cccc(-n2c(=O)n(Cc3c(OC)cccc3OC)c3cnc(NC4CC4)nc32)c1. The van der Waals surface area contributed by atoms with Crippen LogP contribution in [0.2, 0.25) is 0 Å². The smallest absolute Gasteiger partial charge is 0.335 e. The third kappa shape index (κ3) is 3.86. The second-order valence-corrected chi connectivity index (χ2v) is 7.87. The highest BCUT2D eigenvalue weighted by atomic mass is 16.5. The highest BCUT2D eigenvalue weighted by molar-refractivity contribution is 5.75. The Balaban J connectivity index is 1.71. The van der Waals surface area contributed by atoms with E-state index in [1.165, 1.54) is 0 Å². The number of fused-ring (bicyclic) bond motifs is 1. The third-order valence-electron chi connectivity index (χ3n) is 5.74. The molecule has 170 valence electrons. The Kier molecular flexibility index (Phi) is 5.37. The van der Waals surface area contributed by atoms with E-state index < -0.39 is 0 Å². The van der Waals surface area contributed by atoms with Gasteiger partial charge in [-0.2, -0.15) is 4.98 Å². The molecule has 0 atom stereocenters. The lowest BCUT2D eigenvalue weighted by Crippen LogP contribution is -2.24. The third-order valence-corrected chi connectivity index (χ3v) is 5.74. The topological polar surface area (TPSA) is 92.4 Å². The zero-order valence-electron chi connectivity index (χ0n) is 18.7. The number of aromatic nitrogens is 4. The van der Waals surface area contributed by atoms with E-state index in [-0.39, 0.29) is 12.2 Å². The molecule has 2 aromatic heterocycles. The van der Waals surface area contributed by atoms with Crippen molar-refractivity contribution in [2.24, 2.45) is 0 Å². The number of anilines is 1. The summed E-state index contributed by atoms with van der Waals surface area (Å²) in [5.41, 5.74) is 2.29. The van der Waals surface area contributed by atoms with Gasteiger partial charge in [-0.25, -0.2) is 14.3 Å². The van der Waals surface area contributed by atoms with Crippen LogP contribution in [0.3, 0.4) is 0 Å². The van der Waals surface area contributed by atoms with Crippen LogP contribution < -0.4 is 25.2 Å². The number of hydrogen-bond acceptors (Lipinski definition) is 7. The molecule has 0 aliphatic heterocycles. The van der Waals surface area contributed by atoms with E-state index in [1.807, 2.05) is 42.5 Å². The van der Waals surface area contributed by atoms with E-state index in [0.29, 0.717) is 46.1 Å². The number of hydrogen-bond donors (Lipinski definition) is 1. The fourth-order valence-corrected chi connectivity index (χ4v) is 3.89. The van der Waals surface area contributed by atoms with Crippen LogP contribution in [0.1, 0.15) is 18.4 Å². The van der Waals surface area contributed by atoms with Crippen molar-refractivity contribution in [2.45, 2.75) is 25.4 Å². The van der Waals surface area contributed by atoms with Crippen LogP contribution in [0.4, 0.5) is 5.95 Å². The molecule has 9 nitrogen and oxygen atoms in total.